The molecule has 0 unspecified atom stereocenters. The second kappa shape index (κ2) is 6.63. The Balaban J connectivity index is 1.49. The van der Waals surface area contributed by atoms with Crippen LogP contribution >= 0.6 is 11.3 Å². The van der Waals surface area contributed by atoms with Crippen LogP contribution in [0.4, 0.5) is 0 Å². The minimum absolute atomic E-state index is 0.660. The Morgan fingerprint density at radius 3 is 2.90 bits per heavy atom. The van der Waals surface area contributed by atoms with E-state index < -0.39 is 0 Å². The number of benzene rings is 1. The molecule has 1 aromatic carbocycles. The van der Waals surface area contributed by atoms with Gasteiger partial charge in [0, 0.05) is 17.5 Å². The fraction of sp³-hybridized carbons (Fsp3) is 0.444. The van der Waals surface area contributed by atoms with E-state index in [9.17, 15) is 0 Å². The van der Waals surface area contributed by atoms with Gasteiger partial charge in [0.25, 0.3) is 0 Å². The van der Waals surface area contributed by atoms with Gasteiger partial charge in [0.15, 0.2) is 0 Å². The standard InChI is InChI=1S/C18H23NOS/c1-3-13-7-8-21-18(13)12-19-16-9-15(10-16)14-5-4-6-17(11-14)20-2/h4-8,11,15-16,19H,3,9-10,12H2,1-2H3. The van der Waals surface area contributed by atoms with Crippen LogP contribution in [0, 0.1) is 0 Å². The van der Waals surface area contributed by atoms with Crippen LogP contribution in [0.5, 0.6) is 5.75 Å². The Bertz CT molecular complexity index is 586. The van der Waals surface area contributed by atoms with Gasteiger partial charge < -0.3 is 10.1 Å². The molecular weight excluding hydrogens is 278 g/mol. The molecule has 2 nitrogen and oxygen atoms in total. The summed E-state index contributed by atoms with van der Waals surface area (Å²) in [6.07, 6.45) is 3.61. The SMILES string of the molecule is CCc1ccsc1CNC1CC(c2cccc(OC)c2)C1. The molecular formula is C18H23NOS. The van der Waals surface area contributed by atoms with E-state index in [0.717, 1.165) is 18.7 Å². The molecule has 2 aromatic rings. The van der Waals surface area contributed by atoms with Gasteiger partial charge in [-0.15, -0.1) is 11.3 Å². The molecule has 0 radical (unpaired) electrons. The molecule has 1 saturated carbocycles. The molecule has 0 aliphatic heterocycles. The second-order valence-electron chi connectivity index (χ2n) is 5.75. The van der Waals surface area contributed by atoms with E-state index in [1.54, 1.807) is 7.11 Å². The molecule has 1 N–H and O–H groups in total. The van der Waals surface area contributed by atoms with Gasteiger partial charge in [-0.2, -0.15) is 0 Å². The zero-order valence-electron chi connectivity index (χ0n) is 12.8. The smallest absolute Gasteiger partial charge is 0.119 e. The molecule has 3 rings (SSSR count). The number of aryl methyl sites for hydroxylation is 1. The number of hydrogen-bond donors (Lipinski definition) is 1. The molecule has 112 valence electrons. The largest absolute Gasteiger partial charge is 0.497 e. The fourth-order valence-electron chi connectivity index (χ4n) is 3.03. The molecule has 0 bridgehead atoms. The maximum absolute atomic E-state index is 5.31. The van der Waals surface area contributed by atoms with Gasteiger partial charge in [0.1, 0.15) is 5.75 Å². The van der Waals surface area contributed by atoms with Crippen LogP contribution < -0.4 is 10.1 Å². The summed E-state index contributed by atoms with van der Waals surface area (Å²) < 4.78 is 5.31. The Kier molecular flexibility index (Phi) is 4.61. The van der Waals surface area contributed by atoms with Gasteiger partial charge in [-0.25, -0.2) is 0 Å². The summed E-state index contributed by atoms with van der Waals surface area (Å²) in [7, 11) is 1.73. The highest BCUT2D eigenvalue weighted by Gasteiger charge is 2.30. The van der Waals surface area contributed by atoms with Gasteiger partial charge in [0.2, 0.25) is 0 Å². The molecule has 21 heavy (non-hydrogen) atoms. The number of thiophene rings is 1. The zero-order chi connectivity index (χ0) is 14.7. The van der Waals surface area contributed by atoms with Gasteiger partial charge in [-0.1, -0.05) is 19.1 Å². The normalized spacial score (nSPS) is 21.0. The Labute approximate surface area is 131 Å². The minimum atomic E-state index is 0.660. The molecule has 1 fully saturated rings. The van der Waals surface area contributed by atoms with Crippen molar-refractivity contribution in [3.63, 3.8) is 0 Å². The van der Waals surface area contributed by atoms with Gasteiger partial charge >= 0.3 is 0 Å². The first-order valence-corrected chi connectivity index (χ1v) is 8.60. The molecule has 1 aromatic heterocycles. The predicted octanol–water partition coefficient (Wildman–Crippen LogP) is 4.35. The summed E-state index contributed by atoms with van der Waals surface area (Å²) in [5.41, 5.74) is 2.91. The van der Waals surface area contributed by atoms with Gasteiger partial charge in [-0.3, -0.25) is 0 Å². The quantitative estimate of drug-likeness (QED) is 0.856. The average Bonchev–Trinajstić information content (AvgIpc) is 2.93. The molecule has 0 saturated heterocycles. The minimum Gasteiger partial charge on any atom is -0.497 e. The first-order chi connectivity index (χ1) is 10.3. The molecule has 1 aliphatic carbocycles. The summed E-state index contributed by atoms with van der Waals surface area (Å²) in [6.45, 7) is 3.25. The van der Waals surface area contributed by atoms with Gasteiger partial charge in [-0.05, 0) is 59.9 Å². The van der Waals surface area contributed by atoms with E-state index in [1.807, 2.05) is 17.4 Å². The Morgan fingerprint density at radius 1 is 1.29 bits per heavy atom. The van der Waals surface area contributed by atoms with Gasteiger partial charge in [0.05, 0.1) is 7.11 Å². The van der Waals surface area contributed by atoms with Crippen molar-refractivity contribution >= 4 is 11.3 Å². The lowest BCUT2D eigenvalue weighted by atomic mass is 9.76. The van der Waals surface area contributed by atoms with E-state index in [1.165, 1.54) is 28.8 Å². The average molecular weight is 301 g/mol. The van der Waals surface area contributed by atoms with Crippen molar-refractivity contribution in [2.75, 3.05) is 7.11 Å². The van der Waals surface area contributed by atoms with E-state index in [2.05, 4.69) is 41.9 Å². The Morgan fingerprint density at radius 2 is 2.14 bits per heavy atom. The Hall–Kier alpha value is -1.32. The van der Waals surface area contributed by atoms with Crippen LogP contribution in [0.2, 0.25) is 0 Å². The van der Waals surface area contributed by atoms with Crippen molar-refractivity contribution in [2.24, 2.45) is 0 Å². The third-order valence-corrected chi connectivity index (χ3v) is 5.44. The van der Waals surface area contributed by atoms with E-state index in [-0.39, 0.29) is 0 Å². The molecule has 0 spiro atoms. The molecule has 0 atom stereocenters. The number of hydrogen-bond acceptors (Lipinski definition) is 3. The van der Waals surface area contributed by atoms with E-state index >= 15 is 0 Å². The van der Waals surface area contributed by atoms with E-state index in [0.29, 0.717) is 12.0 Å². The van der Waals surface area contributed by atoms with Crippen molar-refractivity contribution in [1.82, 2.24) is 5.32 Å². The number of nitrogens with one attached hydrogen (secondary N) is 1. The first-order valence-electron chi connectivity index (χ1n) is 7.72. The third-order valence-electron chi connectivity index (χ3n) is 4.47. The van der Waals surface area contributed by atoms with Crippen molar-refractivity contribution in [3.05, 3.63) is 51.7 Å². The highest BCUT2D eigenvalue weighted by atomic mass is 32.1. The number of rotatable bonds is 6. The highest BCUT2D eigenvalue weighted by molar-refractivity contribution is 7.10. The van der Waals surface area contributed by atoms with Crippen molar-refractivity contribution in [3.8, 4) is 5.75 Å². The van der Waals surface area contributed by atoms with Crippen LogP contribution in [0.1, 0.15) is 41.7 Å². The molecule has 0 amide bonds. The topological polar surface area (TPSA) is 21.3 Å². The molecule has 3 heteroatoms. The van der Waals surface area contributed by atoms with Crippen LogP contribution in [-0.2, 0) is 13.0 Å². The van der Waals surface area contributed by atoms with Crippen LogP contribution in [0.15, 0.2) is 35.7 Å². The zero-order valence-corrected chi connectivity index (χ0v) is 13.6. The molecule has 1 aliphatic rings. The first kappa shape index (κ1) is 14.6. The second-order valence-corrected chi connectivity index (χ2v) is 6.75. The summed E-state index contributed by atoms with van der Waals surface area (Å²) in [6, 6.07) is 11.4. The van der Waals surface area contributed by atoms with Crippen molar-refractivity contribution < 1.29 is 4.74 Å². The van der Waals surface area contributed by atoms with Crippen LogP contribution in [-0.4, -0.2) is 13.2 Å². The summed E-state index contributed by atoms with van der Waals surface area (Å²) >= 11 is 1.87. The van der Waals surface area contributed by atoms with Crippen LogP contribution in [0.25, 0.3) is 0 Å². The van der Waals surface area contributed by atoms with Crippen molar-refractivity contribution in [1.29, 1.82) is 0 Å². The van der Waals surface area contributed by atoms with Crippen molar-refractivity contribution in [2.45, 2.75) is 44.7 Å². The lowest BCUT2D eigenvalue weighted by molar-refractivity contribution is 0.289. The molecule has 1 heterocycles. The number of methoxy groups -OCH3 is 1. The van der Waals surface area contributed by atoms with Crippen LogP contribution in [0.3, 0.4) is 0 Å². The highest BCUT2D eigenvalue weighted by Crippen LogP contribution is 2.38. The fourth-order valence-corrected chi connectivity index (χ4v) is 3.95. The van der Waals surface area contributed by atoms with E-state index in [4.69, 9.17) is 4.74 Å². The lowest BCUT2D eigenvalue weighted by Gasteiger charge is -2.36. The maximum Gasteiger partial charge on any atom is 0.119 e. The monoisotopic (exact) mass is 301 g/mol. The predicted molar refractivity (Wildman–Crippen MR) is 89.3 cm³/mol. The summed E-state index contributed by atoms with van der Waals surface area (Å²) in [4.78, 5) is 1.50. The summed E-state index contributed by atoms with van der Waals surface area (Å²) in [5, 5.41) is 5.91. The third kappa shape index (κ3) is 3.30. The maximum atomic E-state index is 5.31. The summed E-state index contributed by atoms with van der Waals surface area (Å²) in [5.74, 6) is 1.65. The number of ether oxygens (including phenoxy) is 1. The lowest BCUT2D eigenvalue weighted by Crippen LogP contribution is -2.39.